The van der Waals surface area contributed by atoms with Gasteiger partial charge in [-0.15, -0.1) is 0 Å². The van der Waals surface area contributed by atoms with Gasteiger partial charge in [-0.25, -0.2) is 0 Å². The predicted molar refractivity (Wildman–Crippen MR) is 98.3 cm³/mol. The quantitative estimate of drug-likeness (QED) is 0.654. The zero-order valence-corrected chi connectivity index (χ0v) is 14.8. The van der Waals surface area contributed by atoms with Crippen LogP contribution >= 0.6 is 0 Å². The van der Waals surface area contributed by atoms with Crippen LogP contribution in [0.2, 0.25) is 0 Å². The van der Waals surface area contributed by atoms with Crippen molar-refractivity contribution in [3.63, 3.8) is 0 Å². The topological polar surface area (TPSA) is 67.6 Å². The van der Waals surface area contributed by atoms with Gasteiger partial charge in [-0.05, 0) is 50.8 Å². The average molecular weight is 331 g/mol. The van der Waals surface area contributed by atoms with Crippen molar-refractivity contribution in [1.29, 1.82) is 0 Å². The third-order valence-corrected chi connectivity index (χ3v) is 5.66. The molecule has 2 fully saturated rings. The summed E-state index contributed by atoms with van der Waals surface area (Å²) in [6.45, 7) is 3.73. The molecule has 5 nitrogen and oxygen atoms in total. The Bertz CT molecular complexity index is 588. The second-order valence-corrected chi connectivity index (χ2v) is 7.44. The van der Waals surface area contributed by atoms with E-state index in [9.17, 15) is 4.79 Å². The number of carbonyl (C=O) groups excluding carboxylic acids is 1. The largest absolute Gasteiger partial charge is 0.469 e. The van der Waals surface area contributed by atoms with Gasteiger partial charge in [0.1, 0.15) is 0 Å². The average Bonchev–Trinajstić information content (AvgIpc) is 3.10. The molecule has 2 aliphatic rings. The Kier molecular flexibility index (Phi) is 4.88. The molecule has 1 saturated carbocycles. The van der Waals surface area contributed by atoms with Crippen molar-refractivity contribution < 1.29 is 9.53 Å². The lowest BCUT2D eigenvalue weighted by Crippen LogP contribution is -2.43. The van der Waals surface area contributed by atoms with E-state index in [4.69, 9.17) is 10.5 Å². The van der Waals surface area contributed by atoms with Crippen LogP contribution in [-0.2, 0) is 9.53 Å². The third-order valence-electron chi connectivity index (χ3n) is 5.66. The first-order chi connectivity index (χ1) is 11.5. The molecule has 24 heavy (non-hydrogen) atoms. The fraction of sp³-hybridized carbons (Fsp3) is 0.632. The molecule has 1 aliphatic carbocycles. The second-order valence-electron chi connectivity index (χ2n) is 7.44. The van der Waals surface area contributed by atoms with Crippen molar-refractivity contribution in [2.75, 3.05) is 36.1 Å². The van der Waals surface area contributed by atoms with Crippen LogP contribution in [0, 0.1) is 5.41 Å². The lowest BCUT2D eigenvalue weighted by atomic mass is 9.80. The minimum Gasteiger partial charge on any atom is -0.469 e. The van der Waals surface area contributed by atoms with Crippen LogP contribution in [0.25, 0.3) is 0 Å². The van der Waals surface area contributed by atoms with Gasteiger partial charge in [0, 0.05) is 24.8 Å². The molecule has 5 heteroatoms. The van der Waals surface area contributed by atoms with Crippen LogP contribution in [-0.4, -0.2) is 32.2 Å². The number of carbonyl (C=O) groups is 1. The Morgan fingerprint density at radius 2 is 1.96 bits per heavy atom. The first kappa shape index (κ1) is 16.9. The molecule has 3 rings (SSSR count). The maximum Gasteiger partial charge on any atom is 0.311 e. The molecule has 1 heterocycles. The van der Waals surface area contributed by atoms with Crippen LogP contribution in [0.15, 0.2) is 18.2 Å². The minimum absolute atomic E-state index is 0.0944. The van der Waals surface area contributed by atoms with E-state index >= 15 is 0 Å². The smallest absolute Gasteiger partial charge is 0.311 e. The Labute approximate surface area is 144 Å². The highest BCUT2D eigenvalue weighted by molar-refractivity contribution is 5.77. The number of nitrogens with one attached hydrogen (secondary N) is 1. The van der Waals surface area contributed by atoms with Gasteiger partial charge in [0.15, 0.2) is 0 Å². The molecule has 0 radical (unpaired) electrons. The zero-order chi connectivity index (χ0) is 17.2. The van der Waals surface area contributed by atoms with E-state index in [0.29, 0.717) is 6.04 Å². The molecule has 1 aromatic carbocycles. The number of nitrogen functional groups attached to an aromatic ring is 1. The number of benzene rings is 1. The summed E-state index contributed by atoms with van der Waals surface area (Å²) >= 11 is 0. The number of methoxy groups -OCH3 is 1. The molecule has 132 valence electrons. The Hall–Kier alpha value is -1.91. The van der Waals surface area contributed by atoms with Crippen LogP contribution in [0.4, 0.5) is 17.1 Å². The number of piperidine rings is 1. The maximum atomic E-state index is 12.0. The van der Waals surface area contributed by atoms with E-state index in [0.717, 1.165) is 37.3 Å². The summed E-state index contributed by atoms with van der Waals surface area (Å²) in [6, 6.07) is 6.78. The molecular formula is C19H29N3O2. The van der Waals surface area contributed by atoms with Crippen molar-refractivity contribution in [3.05, 3.63) is 18.2 Å². The number of nitrogens with two attached hydrogens (primary N) is 1. The summed E-state index contributed by atoms with van der Waals surface area (Å²) < 4.78 is 4.96. The minimum atomic E-state index is -0.357. The van der Waals surface area contributed by atoms with Gasteiger partial charge < -0.3 is 20.7 Å². The molecule has 0 aromatic heterocycles. The highest BCUT2D eigenvalue weighted by atomic mass is 16.5. The van der Waals surface area contributed by atoms with Gasteiger partial charge in [-0.2, -0.15) is 0 Å². The second kappa shape index (κ2) is 6.91. The molecule has 0 amide bonds. The molecule has 3 N–H and O–H groups in total. The molecule has 1 saturated heterocycles. The number of rotatable bonds is 4. The van der Waals surface area contributed by atoms with E-state index in [2.05, 4.69) is 22.3 Å². The first-order valence-electron chi connectivity index (χ1n) is 9.01. The third kappa shape index (κ3) is 3.45. The fourth-order valence-electron chi connectivity index (χ4n) is 3.86. The molecular weight excluding hydrogens is 302 g/mol. The van der Waals surface area contributed by atoms with Gasteiger partial charge in [-0.1, -0.05) is 12.8 Å². The summed E-state index contributed by atoms with van der Waals surface area (Å²) in [6.07, 6.45) is 6.69. The maximum absolute atomic E-state index is 12.0. The van der Waals surface area contributed by atoms with Crippen LogP contribution in [0.3, 0.4) is 0 Å². The van der Waals surface area contributed by atoms with Crippen LogP contribution in [0.5, 0.6) is 0 Å². The number of hydrogen-bond acceptors (Lipinski definition) is 5. The van der Waals surface area contributed by atoms with Crippen molar-refractivity contribution >= 4 is 23.0 Å². The molecule has 0 bridgehead atoms. The highest BCUT2D eigenvalue weighted by Crippen LogP contribution is 2.36. The lowest BCUT2D eigenvalue weighted by Gasteiger charge is -2.38. The van der Waals surface area contributed by atoms with Crippen LogP contribution < -0.4 is 16.0 Å². The Balaban J connectivity index is 1.68. The van der Waals surface area contributed by atoms with Crippen LogP contribution in [0.1, 0.15) is 45.4 Å². The fourth-order valence-corrected chi connectivity index (χ4v) is 3.86. The predicted octanol–water partition coefficient (Wildman–Crippen LogP) is 3.40. The van der Waals surface area contributed by atoms with Gasteiger partial charge in [0.2, 0.25) is 0 Å². The Morgan fingerprint density at radius 3 is 2.58 bits per heavy atom. The SMILES string of the molecule is COC(=O)C1(C)CCN(c2ccc(N)c(NC3CCCC3)c2)CC1. The monoisotopic (exact) mass is 331 g/mol. The van der Waals surface area contributed by atoms with Gasteiger partial charge >= 0.3 is 5.97 Å². The van der Waals surface area contributed by atoms with Crippen molar-refractivity contribution in [2.24, 2.45) is 5.41 Å². The number of esters is 1. The van der Waals surface area contributed by atoms with Gasteiger partial charge in [0.05, 0.1) is 23.9 Å². The number of ether oxygens (including phenoxy) is 1. The summed E-state index contributed by atoms with van der Waals surface area (Å²) in [4.78, 5) is 14.3. The molecule has 1 aromatic rings. The van der Waals surface area contributed by atoms with Crippen molar-refractivity contribution in [2.45, 2.75) is 51.5 Å². The summed E-state index contributed by atoms with van der Waals surface area (Å²) in [5, 5.41) is 3.61. The van der Waals surface area contributed by atoms with E-state index in [1.165, 1.54) is 38.5 Å². The number of anilines is 3. The summed E-state index contributed by atoms with van der Waals surface area (Å²) in [7, 11) is 1.47. The van der Waals surface area contributed by atoms with Gasteiger partial charge in [0.25, 0.3) is 0 Å². The van der Waals surface area contributed by atoms with Crippen molar-refractivity contribution in [1.82, 2.24) is 0 Å². The summed E-state index contributed by atoms with van der Waals surface area (Å²) in [5.41, 5.74) is 8.83. The summed E-state index contributed by atoms with van der Waals surface area (Å²) in [5.74, 6) is -0.0944. The lowest BCUT2D eigenvalue weighted by molar-refractivity contribution is -0.152. The van der Waals surface area contributed by atoms with Gasteiger partial charge in [-0.3, -0.25) is 4.79 Å². The standard InChI is InChI=1S/C19H29N3O2/c1-19(18(23)24-2)9-11-22(12-10-19)15-7-8-16(20)17(13-15)21-14-5-3-4-6-14/h7-8,13-14,21H,3-6,9-12,20H2,1-2H3. The molecule has 0 atom stereocenters. The van der Waals surface area contributed by atoms with Crippen molar-refractivity contribution in [3.8, 4) is 0 Å². The normalized spacial score (nSPS) is 20.8. The zero-order valence-electron chi connectivity index (χ0n) is 14.8. The first-order valence-corrected chi connectivity index (χ1v) is 9.01. The molecule has 0 spiro atoms. The van der Waals surface area contributed by atoms with E-state index in [1.807, 2.05) is 13.0 Å². The number of hydrogen-bond donors (Lipinski definition) is 2. The van der Waals surface area contributed by atoms with E-state index in [1.54, 1.807) is 0 Å². The molecule has 0 unspecified atom stereocenters. The number of nitrogens with zero attached hydrogens (tertiary/aromatic N) is 1. The molecule has 1 aliphatic heterocycles. The highest BCUT2D eigenvalue weighted by Gasteiger charge is 2.38. The van der Waals surface area contributed by atoms with E-state index < -0.39 is 0 Å². The Morgan fingerprint density at radius 1 is 1.29 bits per heavy atom. The van der Waals surface area contributed by atoms with E-state index in [-0.39, 0.29) is 11.4 Å².